The number of amides is 1. The minimum Gasteiger partial charge on any atom is -0.462 e. The number of aromatic nitrogens is 1. The normalized spacial score (nSPS) is 17.3. The predicted octanol–water partition coefficient (Wildman–Crippen LogP) is 4.66. The Hall–Kier alpha value is -3.65. The van der Waals surface area contributed by atoms with Crippen LogP contribution in [0.5, 0.6) is 0 Å². The van der Waals surface area contributed by atoms with Gasteiger partial charge in [0.1, 0.15) is 0 Å². The van der Waals surface area contributed by atoms with Crippen molar-refractivity contribution in [1.82, 2.24) is 9.58 Å². The Labute approximate surface area is 183 Å². The number of thioether (sulfide) groups is 1. The third kappa shape index (κ3) is 3.25. The summed E-state index contributed by atoms with van der Waals surface area (Å²) in [5.41, 5.74) is 5.35. The number of hydrogen-bond acceptors (Lipinski definition) is 5. The zero-order chi connectivity index (χ0) is 21.7. The van der Waals surface area contributed by atoms with Crippen molar-refractivity contribution in [3.05, 3.63) is 82.6 Å². The number of furan rings is 1. The van der Waals surface area contributed by atoms with Gasteiger partial charge in [0.05, 0.1) is 11.8 Å². The predicted molar refractivity (Wildman–Crippen MR) is 123 cm³/mol. The second-order valence-electron chi connectivity index (χ2n) is 7.40. The van der Waals surface area contributed by atoms with E-state index in [1.54, 1.807) is 24.5 Å². The van der Waals surface area contributed by atoms with Gasteiger partial charge in [0.2, 0.25) is 5.17 Å². The van der Waals surface area contributed by atoms with Crippen molar-refractivity contribution in [2.24, 2.45) is 10.1 Å². The van der Waals surface area contributed by atoms with Gasteiger partial charge in [-0.05, 0) is 80.1 Å². The van der Waals surface area contributed by atoms with E-state index >= 15 is 0 Å². The average molecular weight is 430 g/mol. The molecule has 4 heterocycles. The van der Waals surface area contributed by atoms with Crippen LogP contribution in [0.25, 0.3) is 11.8 Å². The molecule has 0 aliphatic carbocycles. The molecule has 0 spiro atoms. The molecule has 8 heteroatoms. The van der Waals surface area contributed by atoms with E-state index in [4.69, 9.17) is 9.83 Å². The third-order valence-electron chi connectivity index (χ3n) is 5.22. The van der Waals surface area contributed by atoms with E-state index in [9.17, 15) is 4.79 Å². The van der Waals surface area contributed by atoms with E-state index in [0.29, 0.717) is 16.0 Å². The molecular formula is C23H19N5O2S. The van der Waals surface area contributed by atoms with Crippen LogP contribution in [0.2, 0.25) is 0 Å². The summed E-state index contributed by atoms with van der Waals surface area (Å²) < 4.78 is 7.53. The lowest BCUT2D eigenvalue weighted by molar-refractivity contribution is -0.114. The molecule has 31 heavy (non-hydrogen) atoms. The van der Waals surface area contributed by atoms with Crippen molar-refractivity contribution >= 4 is 39.8 Å². The van der Waals surface area contributed by atoms with Gasteiger partial charge in [0, 0.05) is 17.1 Å². The number of hydrogen-bond donors (Lipinski definition) is 1. The molecule has 0 saturated heterocycles. The molecule has 0 bridgehead atoms. The molecule has 3 aromatic rings. The summed E-state index contributed by atoms with van der Waals surface area (Å²) in [4.78, 5) is 16.9. The molecule has 0 fully saturated rings. The molecule has 0 unspecified atom stereocenters. The summed E-state index contributed by atoms with van der Waals surface area (Å²) in [6.45, 7) is 6.09. The van der Waals surface area contributed by atoms with Crippen LogP contribution < -0.4 is 0 Å². The van der Waals surface area contributed by atoms with Gasteiger partial charge >= 0.3 is 0 Å². The van der Waals surface area contributed by atoms with Crippen LogP contribution in [0.15, 0.2) is 68.8 Å². The van der Waals surface area contributed by atoms with Gasteiger partial charge in [-0.2, -0.15) is 15.1 Å². The minimum absolute atomic E-state index is 0.00409. The van der Waals surface area contributed by atoms with Gasteiger partial charge in [-0.15, -0.1) is 0 Å². The number of rotatable bonds is 3. The first-order valence-electron chi connectivity index (χ1n) is 9.72. The Bertz CT molecular complexity index is 1330. The summed E-state index contributed by atoms with van der Waals surface area (Å²) in [6, 6.07) is 13.8. The van der Waals surface area contributed by atoms with E-state index in [1.165, 1.54) is 22.3 Å². The van der Waals surface area contributed by atoms with E-state index in [0.717, 1.165) is 22.6 Å². The molecule has 0 atom stereocenters. The van der Waals surface area contributed by atoms with Gasteiger partial charge in [0.15, 0.2) is 16.6 Å². The van der Waals surface area contributed by atoms with E-state index in [-0.39, 0.29) is 11.4 Å². The van der Waals surface area contributed by atoms with Crippen LogP contribution in [-0.4, -0.2) is 31.5 Å². The van der Waals surface area contributed by atoms with E-state index < -0.39 is 5.91 Å². The lowest BCUT2D eigenvalue weighted by Gasteiger charge is -2.20. The number of fused-ring (bicyclic) bond motifs is 1. The Morgan fingerprint density at radius 2 is 1.97 bits per heavy atom. The SMILES string of the molecule is Cc1cccc(-n2c(C)cc(/C=C3\C(=N)N4N=C(c5ccco5)SC4=NC3=O)c2C)c1. The first-order chi connectivity index (χ1) is 14.9. The third-order valence-corrected chi connectivity index (χ3v) is 6.14. The van der Waals surface area contributed by atoms with Gasteiger partial charge < -0.3 is 8.98 Å². The van der Waals surface area contributed by atoms with Crippen molar-refractivity contribution in [3.8, 4) is 5.69 Å². The number of aryl methyl sites for hydroxylation is 2. The number of nitrogens with zero attached hydrogens (tertiary/aromatic N) is 4. The maximum atomic E-state index is 12.7. The zero-order valence-corrected chi connectivity index (χ0v) is 18.0. The number of hydrazone groups is 1. The molecule has 154 valence electrons. The minimum atomic E-state index is -0.444. The Morgan fingerprint density at radius 3 is 2.71 bits per heavy atom. The highest BCUT2D eigenvalue weighted by atomic mass is 32.2. The fourth-order valence-electron chi connectivity index (χ4n) is 3.75. The number of aliphatic imine (C=N–C) groups is 1. The molecule has 2 aliphatic rings. The summed E-state index contributed by atoms with van der Waals surface area (Å²) in [7, 11) is 0. The Balaban J connectivity index is 1.53. The first-order valence-corrected chi connectivity index (χ1v) is 10.5. The van der Waals surface area contributed by atoms with Crippen molar-refractivity contribution < 1.29 is 9.21 Å². The maximum absolute atomic E-state index is 12.7. The molecule has 7 nitrogen and oxygen atoms in total. The van der Waals surface area contributed by atoms with Gasteiger partial charge in [-0.25, -0.2) is 0 Å². The molecule has 2 aliphatic heterocycles. The standard InChI is InChI=1S/C23H19N5O2S/c1-13-6-4-7-17(10-13)27-14(2)11-16(15(27)3)12-18-20(24)28-23(25-21(18)29)31-22(26-28)19-8-5-9-30-19/h4-12,24H,1-3H3/b18-12+,24-20?. The fourth-order valence-corrected chi connectivity index (χ4v) is 4.60. The maximum Gasteiger partial charge on any atom is 0.283 e. The van der Waals surface area contributed by atoms with Crippen LogP contribution >= 0.6 is 11.8 Å². The van der Waals surface area contributed by atoms with Crippen LogP contribution in [0, 0.1) is 26.2 Å². The van der Waals surface area contributed by atoms with Crippen LogP contribution in [0.4, 0.5) is 0 Å². The van der Waals surface area contributed by atoms with E-state index in [1.807, 2.05) is 26.0 Å². The van der Waals surface area contributed by atoms with Gasteiger partial charge in [-0.1, -0.05) is 12.1 Å². The largest absolute Gasteiger partial charge is 0.462 e. The number of benzene rings is 1. The molecule has 1 N–H and O–H groups in total. The molecule has 5 rings (SSSR count). The highest BCUT2D eigenvalue weighted by molar-refractivity contribution is 8.27. The number of nitrogens with one attached hydrogen (secondary N) is 1. The zero-order valence-electron chi connectivity index (χ0n) is 17.2. The topological polar surface area (TPSA) is 86.9 Å². The summed E-state index contributed by atoms with van der Waals surface area (Å²) in [5, 5.41) is 15.3. The van der Waals surface area contributed by atoms with Crippen molar-refractivity contribution in [1.29, 1.82) is 5.41 Å². The second-order valence-corrected chi connectivity index (χ2v) is 8.36. The van der Waals surface area contributed by atoms with Crippen LogP contribution in [0.3, 0.4) is 0 Å². The molecular weight excluding hydrogens is 410 g/mol. The Morgan fingerprint density at radius 1 is 1.13 bits per heavy atom. The van der Waals surface area contributed by atoms with Gasteiger partial charge in [0.25, 0.3) is 5.91 Å². The molecule has 0 radical (unpaired) electrons. The van der Waals surface area contributed by atoms with Crippen LogP contribution in [-0.2, 0) is 4.79 Å². The smallest absolute Gasteiger partial charge is 0.283 e. The molecule has 2 aromatic heterocycles. The van der Waals surface area contributed by atoms with Crippen molar-refractivity contribution in [2.75, 3.05) is 0 Å². The van der Waals surface area contributed by atoms with Crippen molar-refractivity contribution in [3.63, 3.8) is 0 Å². The second kappa shape index (κ2) is 7.24. The van der Waals surface area contributed by atoms with Gasteiger partial charge in [-0.3, -0.25) is 10.2 Å². The van der Waals surface area contributed by atoms with Crippen LogP contribution in [0.1, 0.15) is 28.3 Å². The highest BCUT2D eigenvalue weighted by Crippen LogP contribution is 2.32. The summed E-state index contributed by atoms with van der Waals surface area (Å²) >= 11 is 1.22. The lowest BCUT2D eigenvalue weighted by Crippen LogP contribution is -2.35. The average Bonchev–Trinajstić information content (AvgIpc) is 3.45. The molecule has 0 saturated carbocycles. The fraction of sp³-hybridized carbons (Fsp3) is 0.130. The summed E-state index contributed by atoms with van der Waals surface area (Å²) in [5.74, 6) is 0.138. The summed E-state index contributed by atoms with van der Waals surface area (Å²) in [6.07, 6.45) is 3.29. The number of carbonyl (C=O) groups excluding carboxylic acids is 1. The first kappa shape index (κ1) is 19.3. The Kier molecular flexibility index (Phi) is 4.51. The highest BCUT2D eigenvalue weighted by Gasteiger charge is 2.36. The lowest BCUT2D eigenvalue weighted by atomic mass is 10.1. The van der Waals surface area contributed by atoms with Crippen molar-refractivity contribution in [2.45, 2.75) is 20.8 Å². The quantitative estimate of drug-likeness (QED) is 0.613. The van der Waals surface area contributed by atoms with E-state index in [2.05, 4.69) is 39.8 Å². The number of amidine groups is 2. The molecule has 1 aromatic carbocycles. The monoisotopic (exact) mass is 429 g/mol. The number of carbonyl (C=O) groups is 1. The molecule has 1 amide bonds.